The van der Waals surface area contributed by atoms with Gasteiger partial charge in [-0.2, -0.15) is 0 Å². The number of rotatable bonds is 7. The van der Waals surface area contributed by atoms with Crippen molar-refractivity contribution in [3.8, 4) is 11.3 Å². The smallest absolute Gasteiger partial charge is 0.306 e. The van der Waals surface area contributed by atoms with Crippen molar-refractivity contribution in [3.05, 3.63) is 41.7 Å². The molecule has 0 unspecified atom stereocenters. The van der Waals surface area contributed by atoms with E-state index in [1.165, 1.54) is 0 Å². The molecule has 2 amide bonds. The molecule has 1 aliphatic heterocycles. The van der Waals surface area contributed by atoms with Crippen molar-refractivity contribution < 1.29 is 23.5 Å². The van der Waals surface area contributed by atoms with Crippen LogP contribution in [0.25, 0.3) is 11.3 Å². The van der Waals surface area contributed by atoms with Crippen molar-refractivity contribution in [1.29, 1.82) is 0 Å². The molecule has 0 bridgehead atoms. The fourth-order valence-corrected chi connectivity index (χ4v) is 4.00. The van der Waals surface area contributed by atoms with E-state index in [9.17, 15) is 14.4 Å². The molecule has 7 nitrogen and oxygen atoms in total. The van der Waals surface area contributed by atoms with Gasteiger partial charge in [0, 0.05) is 48.7 Å². The predicted molar refractivity (Wildman–Crippen MR) is 115 cm³/mol. The standard InChI is InChI=1S/C24H28N2O5/c1-2-30-23(28)10-9-22(27)25-19-8-4-7-17(13-19)21-14-18-15-26(12-11-20(18)31-21)24(29)16-5-3-6-16/h4,7-8,13-14,16H,2-3,5-6,9-12,15H2,1H3,(H,25,27). The quantitative estimate of drug-likeness (QED) is 0.681. The maximum absolute atomic E-state index is 12.6. The van der Waals surface area contributed by atoms with Crippen molar-refractivity contribution in [2.75, 3.05) is 18.5 Å². The Labute approximate surface area is 181 Å². The molecule has 1 aromatic carbocycles. The average Bonchev–Trinajstić information content (AvgIpc) is 3.15. The average molecular weight is 424 g/mol. The maximum atomic E-state index is 12.6. The van der Waals surface area contributed by atoms with E-state index in [0.717, 1.165) is 48.3 Å². The third kappa shape index (κ3) is 4.98. The number of carbonyl (C=O) groups is 3. The first-order valence-corrected chi connectivity index (χ1v) is 11.0. The van der Waals surface area contributed by atoms with Crippen LogP contribution in [0.3, 0.4) is 0 Å². The Morgan fingerprint density at radius 1 is 1.19 bits per heavy atom. The molecule has 31 heavy (non-hydrogen) atoms. The first-order chi connectivity index (χ1) is 15.0. The van der Waals surface area contributed by atoms with Gasteiger partial charge in [-0.15, -0.1) is 0 Å². The molecule has 1 aliphatic carbocycles. The lowest BCUT2D eigenvalue weighted by Crippen LogP contribution is -2.41. The summed E-state index contributed by atoms with van der Waals surface area (Å²) in [4.78, 5) is 38.1. The van der Waals surface area contributed by atoms with Crippen LogP contribution in [0, 0.1) is 5.92 Å². The summed E-state index contributed by atoms with van der Waals surface area (Å²) >= 11 is 0. The van der Waals surface area contributed by atoms with Gasteiger partial charge < -0.3 is 19.4 Å². The number of nitrogens with zero attached hydrogens (tertiary/aromatic N) is 1. The third-order valence-electron chi connectivity index (χ3n) is 5.93. The van der Waals surface area contributed by atoms with E-state index in [-0.39, 0.29) is 36.5 Å². The molecule has 7 heteroatoms. The Balaban J connectivity index is 1.39. The van der Waals surface area contributed by atoms with Gasteiger partial charge in [0.1, 0.15) is 11.5 Å². The zero-order chi connectivity index (χ0) is 21.8. The van der Waals surface area contributed by atoms with Crippen molar-refractivity contribution in [2.45, 2.75) is 52.0 Å². The van der Waals surface area contributed by atoms with Crippen molar-refractivity contribution in [3.63, 3.8) is 0 Å². The molecule has 0 saturated heterocycles. The highest BCUT2D eigenvalue weighted by atomic mass is 16.5. The number of hydrogen-bond donors (Lipinski definition) is 1. The summed E-state index contributed by atoms with van der Waals surface area (Å²) in [6.07, 6.45) is 4.02. The van der Waals surface area contributed by atoms with Crippen LogP contribution in [0.2, 0.25) is 0 Å². The number of ether oxygens (including phenoxy) is 1. The summed E-state index contributed by atoms with van der Waals surface area (Å²) in [5.41, 5.74) is 2.55. The summed E-state index contributed by atoms with van der Waals surface area (Å²) in [5.74, 6) is 1.51. The predicted octanol–water partition coefficient (Wildman–Crippen LogP) is 3.91. The highest BCUT2D eigenvalue weighted by Gasteiger charge is 2.32. The van der Waals surface area contributed by atoms with Crippen molar-refractivity contribution in [2.24, 2.45) is 5.92 Å². The Hall–Kier alpha value is -3.09. The van der Waals surface area contributed by atoms with Crippen LogP contribution in [0.15, 0.2) is 34.7 Å². The topological polar surface area (TPSA) is 88.8 Å². The lowest BCUT2D eigenvalue weighted by atomic mass is 9.84. The minimum atomic E-state index is -0.377. The second-order valence-corrected chi connectivity index (χ2v) is 8.13. The molecule has 0 atom stereocenters. The summed E-state index contributed by atoms with van der Waals surface area (Å²) in [7, 11) is 0. The SMILES string of the molecule is CCOC(=O)CCC(=O)Nc1cccc(-c2cc3c(o2)CCN(C(=O)C2CCC2)C3)c1. The fraction of sp³-hybridized carbons (Fsp3) is 0.458. The minimum Gasteiger partial charge on any atom is -0.466 e. The van der Waals surface area contributed by atoms with Gasteiger partial charge in [-0.3, -0.25) is 14.4 Å². The molecule has 0 radical (unpaired) electrons. The number of furan rings is 1. The maximum Gasteiger partial charge on any atom is 0.306 e. The molecular weight excluding hydrogens is 396 g/mol. The van der Waals surface area contributed by atoms with Crippen LogP contribution in [0.5, 0.6) is 0 Å². The van der Waals surface area contributed by atoms with Crippen LogP contribution in [-0.2, 0) is 32.1 Å². The van der Waals surface area contributed by atoms with E-state index in [1.54, 1.807) is 13.0 Å². The second kappa shape index (κ2) is 9.37. The molecule has 1 fully saturated rings. The molecule has 1 saturated carbocycles. The van der Waals surface area contributed by atoms with Crippen LogP contribution in [-0.4, -0.2) is 35.8 Å². The molecule has 2 aliphatic rings. The molecule has 2 aromatic rings. The number of fused-ring (bicyclic) bond motifs is 1. The van der Waals surface area contributed by atoms with Crippen molar-refractivity contribution in [1.82, 2.24) is 4.90 Å². The number of hydrogen-bond acceptors (Lipinski definition) is 5. The number of benzene rings is 1. The summed E-state index contributed by atoms with van der Waals surface area (Å²) in [6.45, 7) is 3.34. The van der Waals surface area contributed by atoms with E-state index in [0.29, 0.717) is 25.4 Å². The first kappa shape index (κ1) is 21.2. The second-order valence-electron chi connectivity index (χ2n) is 8.13. The van der Waals surface area contributed by atoms with Gasteiger partial charge in [0.2, 0.25) is 11.8 Å². The van der Waals surface area contributed by atoms with E-state index in [4.69, 9.17) is 9.15 Å². The monoisotopic (exact) mass is 424 g/mol. The molecule has 1 N–H and O–H groups in total. The lowest BCUT2D eigenvalue weighted by molar-refractivity contribution is -0.144. The fourth-order valence-electron chi connectivity index (χ4n) is 4.00. The van der Waals surface area contributed by atoms with Crippen LogP contribution in [0.4, 0.5) is 5.69 Å². The molecular formula is C24H28N2O5. The van der Waals surface area contributed by atoms with Gasteiger partial charge in [-0.25, -0.2) is 0 Å². The summed E-state index contributed by atoms with van der Waals surface area (Å²) in [6, 6.07) is 9.43. The Kier molecular flexibility index (Phi) is 6.39. The molecule has 4 rings (SSSR count). The number of nitrogens with one attached hydrogen (secondary N) is 1. The highest BCUT2D eigenvalue weighted by molar-refractivity contribution is 5.93. The zero-order valence-electron chi connectivity index (χ0n) is 17.8. The highest BCUT2D eigenvalue weighted by Crippen LogP contribution is 2.33. The molecule has 2 heterocycles. The van der Waals surface area contributed by atoms with E-state index in [1.807, 2.05) is 29.2 Å². The van der Waals surface area contributed by atoms with Gasteiger partial charge in [0.05, 0.1) is 13.0 Å². The molecule has 164 valence electrons. The summed E-state index contributed by atoms with van der Waals surface area (Å²) in [5, 5.41) is 2.82. The van der Waals surface area contributed by atoms with Gasteiger partial charge in [0.25, 0.3) is 0 Å². The largest absolute Gasteiger partial charge is 0.466 e. The zero-order valence-corrected chi connectivity index (χ0v) is 17.8. The third-order valence-corrected chi connectivity index (χ3v) is 5.93. The van der Waals surface area contributed by atoms with Crippen LogP contribution < -0.4 is 5.32 Å². The van der Waals surface area contributed by atoms with Crippen LogP contribution in [0.1, 0.15) is 50.4 Å². The number of carbonyl (C=O) groups excluding carboxylic acids is 3. The Morgan fingerprint density at radius 2 is 2.03 bits per heavy atom. The number of esters is 1. The van der Waals surface area contributed by atoms with Gasteiger partial charge in [-0.1, -0.05) is 18.6 Å². The van der Waals surface area contributed by atoms with E-state index in [2.05, 4.69) is 5.32 Å². The van der Waals surface area contributed by atoms with Gasteiger partial charge in [-0.05, 0) is 38.0 Å². The van der Waals surface area contributed by atoms with Gasteiger partial charge in [0.15, 0.2) is 0 Å². The van der Waals surface area contributed by atoms with Gasteiger partial charge >= 0.3 is 5.97 Å². The lowest BCUT2D eigenvalue weighted by Gasteiger charge is -2.33. The number of anilines is 1. The number of amides is 2. The van der Waals surface area contributed by atoms with Crippen LogP contribution >= 0.6 is 0 Å². The molecule has 0 spiro atoms. The minimum absolute atomic E-state index is 0.0559. The Morgan fingerprint density at radius 3 is 2.77 bits per heavy atom. The summed E-state index contributed by atoms with van der Waals surface area (Å²) < 4.78 is 10.9. The normalized spacial score (nSPS) is 15.7. The Bertz CT molecular complexity index is 976. The molecule has 1 aromatic heterocycles. The first-order valence-electron chi connectivity index (χ1n) is 11.0. The van der Waals surface area contributed by atoms with E-state index < -0.39 is 0 Å². The van der Waals surface area contributed by atoms with Crippen molar-refractivity contribution >= 4 is 23.5 Å². The van der Waals surface area contributed by atoms with E-state index >= 15 is 0 Å².